The van der Waals surface area contributed by atoms with E-state index in [0.717, 1.165) is 5.88 Å². The minimum Gasteiger partial charge on any atom is -0.478 e. The number of carbonyl (C=O) groups excluding carboxylic acids is 2. The van der Waals surface area contributed by atoms with Crippen molar-refractivity contribution in [3.8, 4) is 0 Å². The monoisotopic (exact) mass is 441 g/mol. The SMILES string of the molecule is C/C(=C\[C@H](C(C)C)N(C)C(=O)C(NC(=O)C1N(C)CSC1(C)C)C(C)(C)C)C(=O)O. The lowest BCUT2D eigenvalue weighted by atomic mass is 9.84. The summed E-state index contributed by atoms with van der Waals surface area (Å²) in [6.45, 7) is 15.3. The number of thioether (sulfide) groups is 1. The third-order valence-electron chi connectivity index (χ3n) is 5.62. The zero-order valence-electron chi connectivity index (χ0n) is 20.1. The van der Waals surface area contributed by atoms with Gasteiger partial charge in [-0.25, -0.2) is 4.79 Å². The fourth-order valence-corrected chi connectivity index (χ4v) is 4.90. The van der Waals surface area contributed by atoms with E-state index in [9.17, 15) is 19.5 Å². The summed E-state index contributed by atoms with van der Waals surface area (Å²) in [5.41, 5.74) is -0.321. The first-order chi connectivity index (χ1) is 13.5. The van der Waals surface area contributed by atoms with Crippen LogP contribution in [0.1, 0.15) is 55.4 Å². The van der Waals surface area contributed by atoms with Crippen LogP contribution in [0.2, 0.25) is 0 Å². The number of carboxylic acid groups (broad SMARTS) is 1. The standard InChI is InChI=1S/C22H39N3O4S/c1-13(2)15(11-14(3)20(28)29)25(10)19(27)16(21(4,5)6)23-18(26)17-22(7,8)30-12-24(17)9/h11,13,15-17H,12H2,1-10H3,(H,23,26)(H,28,29)/b14-11+/t15-,16?,17?/m1/s1. The van der Waals surface area contributed by atoms with Gasteiger partial charge in [-0.3, -0.25) is 14.5 Å². The lowest BCUT2D eigenvalue weighted by Gasteiger charge is -2.39. The number of nitrogens with zero attached hydrogens (tertiary/aromatic N) is 2. The molecule has 3 atom stereocenters. The number of carbonyl (C=O) groups is 3. The van der Waals surface area contributed by atoms with Gasteiger partial charge >= 0.3 is 5.97 Å². The maximum absolute atomic E-state index is 13.5. The van der Waals surface area contributed by atoms with Crippen LogP contribution in [-0.2, 0) is 14.4 Å². The molecule has 2 unspecified atom stereocenters. The summed E-state index contributed by atoms with van der Waals surface area (Å²) in [5.74, 6) is -0.622. The molecular weight excluding hydrogens is 402 g/mol. The molecule has 1 aliphatic heterocycles. The van der Waals surface area contributed by atoms with Gasteiger partial charge in [0.05, 0.1) is 6.04 Å². The molecule has 172 valence electrons. The first-order valence-electron chi connectivity index (χ1n) is 10.3. The molecule has 2 N–H and O–H groups in total. The van der Waals surface area contributed by atoms with Gasteiger partial charge in [0, 0.05) is 23.2 Å². The van der Waals surface area contributed by atoms with Crippen molar-refractivity contribution in [2.24, 2.45) is 11.3 Å². The summed E-state index contributed by atoms with van der Waals surface area (Å²) in [7, 11) is 3.59. The van der Waals surface area contributed by atoms with Crippen LogP contribution < -0.4 is 5.32 Å². The van der Waals surface area contributed by atoms with Crippen LogP contribution in [0.5, 0.6) is 0 Å². The minimum atomic E-state index is -1.01. The van der Waals surface area contributed by atoms with Gasteiger partial charge in [-0.15, -0.1) is 11.8 Å². The van der Waals surface area contributed by atoms with Crippen molar-refractivity contribution in [2.75, 3.05) is 20.0 Å². The van der Waals surface area contributed by atoms with E-state index < -0.39 is 23.5 Å². The maximum Gasteiger partial charge on any atom is 0.331 e. The Balaban J connectivity index is 3.19. The van der Waals surface area contributed by atoms with Crippen molar-refractivity contribution >= 4 is 29.5 Å². The van der Waals surface area contributed by atoms with Gasteiger partial charge in [-0.1, -0.05) is 40.7 Å². The van der Waals surface area contributed by atoms with Crippen LogP contribution in [0, 0.1) is 11.3 Å². The smallest absolute Gasteiger partial charge is 0.331 e. The van der Waals surface area contributed by atoms with E-state index in [1.54, 1.807) is 29.8 Å². The molecule has 0 aromatic carbocycles. The molecule has 30 heavy (non-hydrogen) atoms. The average Bonchev–Trinajstić information content (AvgIpc) is 2.87. The molecule has 8 heteroatoms. The molecule has 1 heterocycles. The van der Waals surface area contributed by atoms with Crippen LogP contribution in [0.3, 0.4) is 0 Å². The Hall–Kier alpha value is -1.54. The third-order valence-corrected chi connectivity index (χ3v) is 7.13. The number of nitrogens with one attached hydrogen (secondary N) is 1. The Labute approximate surface area is 185 Å². The summed E-state index contributed by atoms with van der Waals surface area (Å²) < 4.78 is -0.252. The summed E-state index contributed by atoms with van der Waals surface area (Å²) in [6.07, 6.45) is 1.61. The number of amides is 2. The molecule has 0 spiro atoms. The zero-order valence-corrected chi connectivity index (χ0v) is 20.9. The molecule has 2 amide bonds. The van der Waals surface area contributed by atoms with Crippen molar-refractivity contribution in [3.05, 3.63) is 11.6 Å². The van der Waals surface area contributed by atoms with Crippen LogP contribution in [0.4, 0.5) is 0 Å². The molecule has 0 saturated carbocycles. The Bertz CT molecular complexity index is 697. The highest BCUT2D eigenvalue weighted by molar-refractivity contribution is 8.00. The predicted octanol–water partition coefficient (Wildman–Crippen LogP) is 2.81. The third kappa shape index (κ3) is 6.23. The molecule has 1 saturated heterocycles. The van der Waals surface area contributed by atoms with Crippen molar-refractivity contribution in [1.82, 2.24) is 15.1 Å². The second-order valence-electron chi connectivity index (χ2n) is 10.2. The molecule has 0 aliphatic carbocycles. The molecule has 7 nitrogen and oxygen atoms in total. The fraction of sp³-hybridized carbons (Fsp3) is 0.773. The van der Waals surface area contributed by atoms with E-state index in [1.165, 1.54) is 6.92 Å². The topological polar surface area (TPSA) is 90.0 Å². The Morgan fingerprint density at radius 1 is 1.27 bits per heavy atom. The fourth-order valence-electron chi connectivity index (χ4n) is 3.77. The van der Waals surface area contributed by atoms with Crippen molar-refractivity contribution < 1.29 is 19.5 Å². The van der Waals surface area contributed by atoms with Gasteiger partial charge in [0.15, 0.2) is 0 Å². The summed E-state index contributed by atoms with van der Waals surface area (Å²) in [6, 6.07) is -1.46. The highest BCUT2D eigenvalue weighted by atomic mass is 32.2. The molecular formula is C22H39N3O4S. The first kappa shape index (κ1) is 26.5. The van der Waals surface area contributed by atoms with E-state index in [4.69, 9.17) is 0 Å². The largest absolute Gasteiger partial charge is 0.478 e. The zero-order chi connectivity index (χ0) is 23.6. The number of hydrogen-bond acceptors (Lipinski definition) is 5. The Kier molecular flexibility index (Phi) is 8.59. The minimum absolute atomic E-state index is 0.0147. The Morgan fingerprint density at radius 3 is 2.17 bits per heavy atom. The molecule has 1 aliphatic rings. The average molecular weight is 442 g/mol. The van der Waals surface area contributed by atoms with Gasteiger partial charge in [0.25, 0.3) is 0 Å². The number of likely N-dealkylation sites (N-methyl/N-ethyl adjacent to an activating group) is 2. The van der Waals surface area contributed by atoms with E-state index in [-0.39, 0.29) is 34.1 Å². The van der Waals surface area contributed by atoms with Gasteiger partial charge in [-0.05, 0) is 39.2 Å². The van der Waals surface area contributed by atoms with E-state index >= 15 is 0 Å². The number of hydrogen-bond donors (Lipinski definition) is 2. The molecule has 1 rings (SSSR count). The number of carboxylic acids is 1. The van der Waals surface area contributed by atoms with Crippen molar-refractivity contribution in [2.45, 2.75) is 78.3 Å². The van der Waals surface area contributed by atoms with E-state index in [1.807, 2.05) is 60.4 Å². The van der Waals surface area contributed by atoms with Crippen LogP contribution in [0.25, 0.3) is 0 Å². The molecule has 0 aromatic heterocycles. The molecule has 1 fully saturated rings. The maximum atomic E-state index is 13.5. The highest BCUT2D eigenvalue weighted by Crippen LogP contribution is 2.38. The Morgan fingerprint density at radius 2 is 1.80 bits per heavy atom. The molecule has 0 bridgehead atoms. The summed E-state index contributed by atoms with van der Waals surface area (Å²) in [4.78, 5) is 41.6. The normalized spacial score (nSPS) is 22.0. The lowest BCUT2D eigenvalue weighted by molar-refractivity contribution is -0.141. The van der Waals surface area contributed by atoms with Gasteiger partial charge in [0.1, 0.15) is 12.1 Å². The van der Waals surface area contributed by atoms with E-state index in [2.05, 4.69) is 5.32 Å². The van der Waals surface area contributed by atoms with Gasteiger partial charge in [0.2, 0.25) is 11.8 Å². The second kappa shape index (κ2) is 9.73. The number of aliphatic carboxylic acids is 1. The predicted molar refractivity (Wildman–Crippen MR) is 122 cm³/mol. The second-order valence-corrected chi connectivity index (χ2v) is 11.8. The molecule has 0 radical (unpaired) electrons. The van der Waals surface area contributed by atoms with Gasteiger partial charge < -0.3 is 15.3 Å². The molecule has 0 aromatic rings. The van der Waals surface area contributed by atoms with Gasteiger partial charge in [-0.2, -0.15) is 0 Å². The van der Waals surface area contributed by atoms with Crippen LogP contribution in [-0.4, -0.2) is 75.5 Å². The van der Waals surface area contributed by atoms with Crippen LogP contribution in [0.15, 0.2) is 11.6 Å². The highest BCUT2D eigenvalue weighted by Gasteiger charge is 2.46. The van der Waals surface area contributed by atoms with E-state index in [0.29, 0.717) is 0 Å². The van der Waals surface area contributed by atoms with Crippen LogP contribution >= 0.6 is 11.8 Å². The number of rotatable bonds is 7. The summed E-state index contributed by atoms with van der Waals surface area (Å²) in [5, 5.41) is 12.3. The first-order valence-corrected chi connectivity index (χ1v) is 11.3. The quantitative estimate of drug-likeness (QED) is 0.591. The van der Waals surface area contributed by atoms with Crippen molar-refractivity contribution in [3.63, 3.8) is 0 Å². The lowest BCUT2D eigenvalue weighted by Crippen LogP contribution is -2.60. The van der Waals surface area contributed by atoms with Crippen molar-refractivity contribution in [1.29, 1.82) is 0 Å². The summed E-state index contributed by atoms with van der Waals surface area (Å²) >= 11 is 1.72.